The molecular weight excluding hydrogens is 276 g/mol. The van der Waals surface area contributed by atoms with E-state index in [-0.39, 0.29) is 17.6 Å². The largest absolute Gasteiger partial charge is 0.481 e. The van der Waals surface area contributed by atoms with Crippen molar-refractivity contribution in [2.24, 2.45) is 5.92 Å². The first-order valence-corrected chi connectivity index (χ1v) is 7.15. The smallest absolute Gasteiger partial charge is 0.333 e. The third kappa shape index (κ3) is 3.14. The second-order valence-corrected chi connectivity index (χ2v) is 5.45. The number of aliphatic carboxylic acids is 1. The average Bonchev–Trinajstić information content (AvgIpc) is 2.96. The van der Waals surface area contributed by atoms with E-state index in [9.17, 15) is 14.9 Å². The standard InChI is InChI=1S/C13H20N4O4/c1-3-6-16-12(11(17(20)21)8(2)15-16)14-10-5-4-9(7-10)13(18)19/h9-10,14H,3-7H2,1-2H3,(H,18,19)/t9-,10+/m1/s1. The summed E-state index contributed by atoms with van der Waals surface area (Å²) in [6.45, 7) is 4.18. The molecule has 1 aromatic heterocycles. The topological polar surface area (TPSA) is 110 Å². The van der Waals surface area contributed by atoms with Gasteiger partial charge in [-0.3, -0.25) is 14.9 Å². The Bertz CT molecular complexity index is 555. The minimum Gasteiger partial charge on any atom is -0.481 e. The third-order valence-corrected chi connectivity index (χ3v) is 3.84. The molecule has 1 aliphatic carbocycles. The van der Waals surface area contributed by atoms with Gasteiger partial charge in [0, 0.05) is 12.6 Å². The van der Waals surface area contributed by atoms with Crippen LogP contribution in [0.3, 0.4) is 0 Å². The first-order valence-electron chi connectivity index (χ1n) is 7.15. The molecule has 1 fully saturated rings. The predicted octanol–water partition coefficient (Wildman–Crippen LogP) is 2.17. The highest BCUT2D eigenvalue weighted by Gasteiger charge is 2.33. The molecule has 8 nitrogen and oxygen atoms in total. The van der Waals surface area contributed by atoms with E-state index in [1.807, 2.05) is 6.92 Å². The van der Waals surface area contributed by atoms with Gasteiger partial charge in [-0.25, -0.2) is 4.68 Å². The highest BCUT2D eigenvalue weighted by molar-refractivity contribution is 5.70. The number of rotatable bonds is 6. The van der Waals surface area contributed by atoms with Crippen LogP contribution in [0, 0.1) is 23.0 Å². The fourth-order valence-corrected chi connectivity index (χ4v) is 2.84. The van der Waals surface area contributed by atoms with Gasteiger partial charge in [0.2, 0.25) is 5.82 Å². The van der Waals surface area contributed by atoms with Crippen LogP contribution in [0.1, 0.15) is 38.3 Å². The minimum absolute atomic E-state index is 0.0118. The van der Waals surface area contributed by atoms with Crippen LogP contribution in [-0.2, 0) is 11.3 Å². The molecule has 0 unspecified atom stereocenters. The summed E-state index contributed by atoms with van der Waals surface area (Å²) < 4.78 is 1.61. The average molecular weight is 296 g/mol. The number of anilines is 1. The second kappa shape index (κ2) is 6.11. The zero-order valence-corrected chi connectivity index (χ0v) is 12.2. The molecule has 21 heavy (non-hydrogen) atoms. The van der Waals surface area contributed by atoms with Crippen molar-refractivity contribution >= 4 is 17.5 Å². The quantitative estimate of drug-likeness (QED) is 0.615. The van der Waals surface area contributed by atoms with Gasteiger partial charge in [0.1, 0.15) is 5.69 Å². The van der Waals surface area contributed by atoms with Crippen LogP contribution in [0.5, 0.6) is 0 Å². The summed E-state index contributed by atoms with van der Waals surface area (Å²) in [7, 11) is 0. The Morgan fingerprint density at radius 2 is 2.29 bits per heavy atom. The lowest BCUT2D eigenvalue weighted by atomic mass is 10.1. The fourth-order valence-electron chi connectivity index (χ4n) is 2.84. The first kappa shape index (κ1) is 15.3. The Labute approximate surface area is 122 Å². The maximum atomic E-state index is 11.2. The van der Waals surface area contributed by atoms with E-state index >= 15 is 0 Å². The maximum absolute atomic E-state index is 11.2. The second-order valence-electron chi connectivity index (χ2n) is 5.45. The number of aryl methyl sites for hydroxylation is 2. The molecule has 0 radical (unpaired) electrons. The summed E-state index contributed by atoms with van der Waals surface area (Å²) in [5.41, 5.74) is 0.367. The molecule has 1 heterocycles. The molecule has 2 N–H and O–H groups in total. The van der Waals surface area contributed by atoms with E-state index in [1.165, 1.54) is 0 Å². The van der Waals surface area contributed by atoms with Gasteiger partial charge < -0.3 is 10.4 Å². The van der Waals surface area contributed by atoms with Crippen LogP contribution < -0.4 is 5.32 Å². The Hall–Kier alpha value is -2.12. The van der Waals surface area contributed by atoms with Gasteiger partial charge in [-0.1, -0.05) is 6.92 Å². The third-order valence-electron chi connectivity index (χ3n) is 3.84. The predicted molar refractivity (Wildman–Crippen MR) is 76.3 cm³/mol. The van der Waals surface area contributed by atoms with E-state index in [0.717, 1.165) is 6.42 Å². The highest BCUT2D eigenvalue weighted by Crippen LogP contribution is 2.33. The Morgan fingerprint density at radius 1 is 1.57 bits per heavy atom. The van der Waals surface area contributed by atoms with Gasteiger partial charge in [-0.15, -0.1) is 0 Å². The van der Waals surface area contributed by atoms with Crippen molar-refractivity contribution < 1.29 is 14.8 Å². The van der Waals surface area contributed by atoms with Crippen molar-refractivity contribution in [2.75, 3.05) is 5.32 Å². The van der Waals surface area contributed by atoms with Crippen LogP contribution >= 0.6 is 0 Å². The molecule has 1 aromatic rings. The summed E-state index contributed by atoms with van der Waals surface area (Å²) in [5.74, 6) is -0.771. The number of nitro groups is 1. The minimum atomic E-state index is -0.799. The van der Waals surface area contributed by atoms with Gasteiger partial charge in [0.05, 0.1) is 10.8 Å². The summed E-state index contributed by atoms with van der Waals surface area (Å²) in [4.78, 5) is 21.8. The van der Waals surface area contributed by atoms with Crippen molar-refractivity contribution in [1.82, 2.24) is 9.78 Å². The molecular formula is C13H20N4O4. The van der Waals surface area contributed by atoms with Gasteiger partial charge >= 0.3 is 11.7 Å². The van der Waals surface area contributed by atoms with Crippen molar-refractivity contribution in [2.45, 2.75) is 52.1 Å². The summed E-state index contributed by atoms with van der Waals surface area (Å²) in [5, 5.41) is 27.6. The molecule has 116 valence electrons. The molecule has 8 heteroatoms. The lowest BCUT2D eigenvalue weighted by Crippen LogP contribution is -2.20. The number of nitrogens with one attached hydrogen (secondary N) is 1. The number of hydrogen-bond acceptors (Lipinski definition) is 5. The van der Waals surface area contributed by atoms with Crippen LogP contribution in [0.4, 0.5) is 11.5 Å². The van der Waals surface area contributed by atoms with E-state index < -0.39 is 10.9 Å². The first-order chi connectivity index (χ1) is 9.93. The van der Waals surface area contributed by atoms with Crippen molar-refractivity contribution in [3.8, 4) is 0 Å². The molecule has 2 atom stereocenters. The van der Waals surface area contributed by atoms with Crippen LogP contribution in [-0.4, -0.2) is 31.8 Å². The number of hydrogen-bond donors (Lipinski definition) is 2. The van der Waals surface area contributed by atoms with Gasteiger partial charge in [0.15, 0.2) is 0 Å². The summed E-state index contributed by atoms with van der Waals surface area (Å²) in [6.07, 6.45) is 2.60. The molecule has 0 aliphatic heterocycles. The number of aromatic nitrogens is 2. The molecule has 0 aromatic carbocycles. The zero-order chi connectivity index (χ0) is 15.6. The molecule has 0 saturated heterocycles. The molecule has 2 rings (SSSR count). The van der Waals surface area contributed by atoms with Crippen molar-refractivity contribution in [3.05, 3.63) is 15.8 Å². The lowest BCUT2D eigenvalue weighted by Gasteiger charge is -2.14. The van der Waals surface area contributed by atoms with Crippen LogP contribution in [0.15, 0.2) is 0 Å². The fraction of sp³-hybridized carbons (Fsp3) is 0.692. The van der Waals surface area contributed by atoms with Crippen LogP contribution in [0.2, 0.25) is 0 Å². The van der Waals surface area contributed by atoms with Crippen molar-refractivity contribution in [3.63, 3.8) is 0 Å². The highest BCUT2D eigenvalue weighted by atomic mass is 16.6. The Balaban J connectivity index is 2.22. The van der Waals surface area contributed by atoms with E-state index in [4.69, 9.17) is 5.11 Å². The molecule has 0 bridgehead atoms. The number of carboxylic acids is 1. The SMILES string of the molecule is CCCn1nc(C)c([N+](=O)[O-])c1N[C@H]1CC[C@@H](C(=O)O)C1. The van der Waals surface area contributed by atoms with Crippen molar-refractivity contribution in [1.29, 1.82) is 0 Å². The van der Waals surface area contributed by atoms with Gasteiger partial charge in [-0.05, 0) is 32.6 Å². The summed E-state index contributed by atoms with van der Waals surface area (Å²) >= 11 is 0. The Kier molecular flexibility index (Phi) is 4.44. The van der Waals surface area contributed by atoms with E-state index in [2.05, 4.69) is 10.4 Å². The molecule has 0 spiro atoms. The van der Waals surface area contributed by atoms with E-state index in [0.29, 0.717) is 37.3 Å². The monoisotopic (exact) mass is 296 g/mol. The van der Waals surface area contributed by atoms with E-state index in [1.54, 1.807) is 11.6 Å². The number of carboxylic acid groups (broad SMARTS) is 1. The van der Waals surface area contributed by atoms with Gasteiger partial charge in [0.25, 0.3) is 0 Å². The summed E-state index contributed by atoms with van der Waals surface area (Å²) in [6, 6.07) is -0.0588. The molecule has 0 amide bonds. The zero-order valence-electron chi connectivity index (χ0n) is 12.2. The lowest BCUT2D eigenvalue weighted by molar-refractivity contribution is -0.384. The maximum Gasteiger partial charge on any atom is 0.333 e. The normalized spacial score (nSPS) is 21.4. The molecule has 1 aliphatic rings. The van der Waals surface area contributed by atoms with Crippen LogP contribution in [0.25, 0.3) is 0 Å². The Morgan fingerprint density at radius 3 is 2.81 bits per heavy atom. The van der Waals surface area contributed by atoms with Gasteiger partial charge in [-0.2, -0.15) is 5.10 Å². The molecule has 1 saturated carbocycles. The number of nitrogens with zero attached hydrogens (tertiary/aromatic N) is 3. The number of carbonyl (C=O) groups is 1.